The molecule has 0 saturated carbocycles. The van der Waals surface area contributed by atoms with Gasteiger partial charge in [-0.05, 0) is 18.6 Å². The lowest BCUT2D eigenvalue weighted by atomic mass is 10.1. The number of aromatic nitrogens is 4. The van der Waals surface area contributed by atoms with Crippen LogP contribution in [0.2, 0.25) is 0 Å². The molecule has 1 heterocycles. The van der Waals surface area contributed by atoms with E-state index in [4.69, 9.17) is 0 Å². The average Bonchev–Trinajstić information content (AvgIpc) is 2.88. The summed E-state index contributed by atoms with van der Waals surface area (Å²) in [5.41, 5.74) is 0.848. The van der Waals surface area contributed by atoms with E-state index in [1.807, 2.05) is 0 Å². The second-order valence-corrected chi connectivity index (χ2v) is 3.77. The molecule has 0 radical (unpaired) electrons. The Bertz CT molecular complexity index is 610. The van der Waals surface area contributed by atoms with E-state index in [1.54, 1.807) is 6.92 Å². The summed E-state index contributed by atoms with van der Waals surface area (Å²) < 4.78 is 0. The zero-order chi connectivity index (χ0) is 13.8. The maximum atomic E-state index is 11.9. The topological polar surface area (TPSA) is 127 Å². The number of nitrogens with zero attached hydrogens (tertiary/aromatic N) is 4. The summed E-state index contributed by atoms with van der Waals surface area (Å²) >= 11 is 0. The van der Waals surface area contributed by atoms with Gasteiger partial charge in [-0.3, -0.25) is 14.9 Å². The van der Waals surface area contributed by atoms with Gasteiger partial charge in [-0.1, -0.05) is 5.21 Å². The number of aromatic amines is 1. The molecule has 2 rings (SSSR count). The van der Waals surface area contributed by atoms with Gasteiger partial charge in [0, 0.05) is 17.7 Å². The van der Waals surface area contributed by atoms with Crippen LogP contribution >= 0.6 is 0 Å². The summed E-state index contributed by atoms with van der Waals surface area (Å²) in [5.74, 6) is 0.00473. The lowest BCUT2D eigenvalue weighted by Crippen LogP contribution is -2.24. The molecule has 9 nitrogen and oxygen atoms in total. The van der Waals surface area contributed by atoms with Crippen LogP contribution < -0.4 is 5.32 Å². The minimum Gasteiger partial charge on any atom is -0.345 e. The number of tetrazole rings is 1. The Labute approximate surface area is 107 Å². The molecule has 2 aromatic rings. The summed E-state index contributed by atoms with van der Waals surface area (Å²) in [7, 11) is 0. The Morgan fingerprint density at radius 3 is 2.89 bits per heavy atom. The molecule has 98 valence electrons. The Morgan fingerprint density at radius 1 is 1.53 bits per heavy atom. The number of aryl methyl sites for hydroxylation is 1. The van der Waals surface area contributed by atoms with Crippen molar-refractivity contribution in [3.05, 3.63) is 45.3 Å². The van der Waals surface area contributed by atoms with Crippen molar-refractivity contribution >= 4 is 11.6 Å². The molecule has 0 aliphatic carbocycles. The monoisotopic (exact) mass is 262 g/mol. The second-order valence-electron chi connectivity index (χ2n) is 3.77. The lowest BCUT2D eigenvalue weighted by Gasteiger charge is -2.05. The number of non-ortho nitro benzene ring substituents is 1. The van der Waals surface area contributed by atoms with Gasteiger partial charge < -0.3 is 5.32 Å². The van der Waals surface area contributed by atoms with Gasteiger partial charge in [-0.2, -0.15) is 5.21 Å². The van der Waals surface area contributed by atoms with Gasteiger partial charge in [0.05, 0.1) is 11.5 Å². The standard InChI is InChI=1S/C10H10N6O3/c1-6-4-7(16(18)19)2-3-8(6)10(17)11-5-9-12-14-15-13-9/h2-4H,5H2,1H3,(H,11,17)(H,12,13,14,15). The Morgan fingerprint density at radius 2 is 2.32 bits per heavy atom. The number of rotatable bonds is 4. The summed E-state index contributed by atoms with van der Waals surface area (Å²) in [6, 6.07) is 4.05. The van der Waals surface area contributed by atoms with Crippen molar-refractivity contribution in [2.24, 2.45) is 0 Å². The van der Waals surface area contributed by atoms with Gasteiger partial charge in [-0.25, -0.2) is 0 Å². The van der Waals surface area contributed by atoms with E-state index in [1.165, 1.54) is 18.2 Å². The number of H-pyrrole nitrogens is 1. The first-order valence-corrected chi connectivity index (χ1v) is 5.33. The molecule has 0 saturated heterocycles. The van der Waals surface area contributed by atoms with Crippen molar-refractivity contribution in [1.82, 2.24) is 25.9 Å². The van der Waals surface area contributed by atoms with Crippen molar-refractivity contribution in [3.8, 4) is 0 Å². The fourth-order valence-corrected chi connectivity index (χ4v) is 1.53. The minimum atomic E-state index is -0.506. The van der Waals surface area contributed by atoms with E-state index in [2.05, 4.69) is 25.9 Å². The average molecular weight is 262 g/mol. The van der Waals surface area contributed by atoms with Crippen LogP contribution in [0.3, 0.4) is 0 Å². The fourth-order valence-electron chi connectivity index (χ4n) is 1.53. The zero-order valence-electron chi connectivity index (χ0n) is 9.95. The van der Waals surface area contributed by atoms with Gasteiger partial charge in [0.15, 0.2) is 5.82 Å². The van der Waals surface area contributed by atoms with Crippen LogP contribution in [0.15, 0.2) is 18.2 Å². The number of carbonyl (C=O) groups excluding carboxylic acids is 1. The van der Waals surface area contributed by atoms with Crippen LogP contribution in [0.25, 0.3) is 0 Å². The van der Waals surface area contributed by atoms with Crippen molar-refractivity contribution in [3.63, 3.8) is 0 Å². The van der Waals surface area contributed by atoms with Crippen LogP contribution in [-0.2, 0) is 6.54 Å². The van der Waals surface area contributed by atoms with Crippen molar-refractivity contribution in [2.75, 3.05) is 0 Å². The molecule has 1 aromatic carbocycles. The molecule has 0 unspecified atom stereocenters. The molecule has 0 aliphatic rings. The van der Waals surface area contributed by atoms with Gasteiger partial charge in [0.25, 0.3) is 11.6 Å². The number of carbonyl (C=O) groups is 1. The number of benzene rings is 1. The van der Waals surface area contributed by atoms with Crippen LogP contribution in [0, 0.1) is 17.0 Å². The molecule has 1 amide bonds. The van der Waals surface area contributed by atoms with E-state index < -0.39 is 4.92 Å². The predicted octanol–water partition coefficient (Wildman–Crippen LogP) is 0.346. The van der Waals surface area contributed by atoms with Crippen molar-refractivity contribution in [1.29, 1.82) is 0 Å². The fraction of sp³-hybridized carbons (Fsp3) is 0.200. The molecular formula is C10H10N6O3. The highest BCUT2D eigenvalue weighted by molar-refractivity contribution is 5.95. The third-order valence-electron chi connectivity index (χ3n) is 2.46. The highest BCUT2D eigenvalue weighted by Crippen LogP contribution is 2.16. The molecule has 0 fully saturated rings. The number of nitro groups is 1. The molecule has 1 aromatic heterocycles. The normalized spacial score (nSPS) is 10.2. The van der Waals surface area contributed by atoms with Crippen LogP contribution in [0.5, 0.6) is 0 Å². The Hall–Kier alpha value is -2.84. The molecule has 0 atom stereocenters. The predicted molar refractivity (Wildman–Crippen MR) is 63.2 cm³/mol. The molecule has 19 heavy (non-hydrogen) atoms. The maximum absolute atomic E-state index is 11.9. The largest absolute Gasteiger partial charge is 0.345 e. The van der Waals surface area contributed by atoms with Crippen LogP contribution in [-0.4, -0.2) is 31.5 Å². The van der Waals surface area contributed by atoms with E-state index in [0.29, 0.717) is 17.0 Å². The van der Waals surface area contributed by atoms with Crippen molar-refractivity contribution in [2.45, 2.75) is 13.5 Å². The van der Waals surface area contributed by atoms with E-state index >= 15 is 0 Å². The first-order chi connectivity index (χ1) is 9.08. The van der Waals surface area contributed by atoms with Gasteiger partial charge in [0.2, 0.25) is 0 Å². The van der Waals surface area contributed by atoms with E-state index in [9.17, 15) is 14.9 Å². The number of nitro benzene ring substituents is 1. The quantitative estimate of drug-likeness (QED) is 0.604. The first kappa shape index (κ1) is 12.6. The Balaban J connectivity index is 2.09. The van der Waals surface area contributed by atoms with Gasteiger partial charge in [0.1, 0.15) is 0 Å². The van der Waals surface area contributed by atoms with Crippen molar-refractivity contribution < 1.29 is 9.72 Å². The van der Waals surface area contributed by atoms with Gasteiger partial charge >= 0.3 is 0 Å². The summed E-state index contributed by atoms with van der Waals surface area (Å²) in [5, 5.41) is 26.2. The Kier molecular flexibility index (Phi) is 3.46. The summed E-state index contributed by atoms with van der Waals surface area (Å²) in [4.78, 5) is 22.0. The number of hydrogen-bond acceptors (Lipinski definition) is 6. The first-order valence-electron chi connectivity index (χ1n) is 5.33. The highest BCUT2D eigenvalue weighted by atomic mass is 16.6. The lowest BCUT2D eigenvalue weighted by molar-refractivity contribution is -0.384. The molecular weight excluding hydrogens is 252 g/mol. The zero-order valence-corrected chi connectivity index (χ0v) is 9.95. The summed E-state index contributed by atoms with van der Waals surface area (Å²) in [6.45, 7) is 1.77. The smallest absolute Gasteiger partial charge is 0.269 e. The minimum absolute atomic E-state index is 0.0489. The molecule has 0 bridgehead atoms. The number of amides is 1. The third-order valence-corrected chi connectivity index (χ3v) is 2.46. The molecule has 2 N–H and O–H groups in total. The van der Waals surface area contributed by atoms with Crippen LogP contribution in [0.4, 0.5) is 5.69 Å². The number of hydrogen-bond donors (Lipinski definition) is 2. The van der Waals surface area contributed by atoms with Crippen LogP contribution in [0.1, 0.15) is 21.7 Å². The van der Waals surface area contributed by atoms with E-state index in [0.717, 1.165) is 0 Å². The molecule has 0 spiro atoms. The van der Waals surface area contributed by atoms with Gasteiger partial charge in [-0.15, -0.1) is 10.2 Å². The third kappa shape index (κ3) is 2.89. The molecule has 9 heteroatoms. The van der Waals surface area contributed by atoms with E-state index in [-0.39, 0.29) is 18.1 Å². The SMILES string of the molecule is Cc1cc([N+](=O)[O-])ccc1C(=O)NCc1nn[nH]n1. The maximum Gasteiger partial charge on any atom is 0.269 e. The number of nitrogens with one attached hydrogen (secondary N) is 2. The molecule has 0 aliphatic heterocycles. The second kappa shape index (κ2) is 5.21. The summed E-state index contributed by atoms with van der Waals surface area (Å²) in [6.07, 6.45) is 0. The highest BCUT2D eigenvalue weighted by Gasteiger charge is 2.13.